The molecule has 6 heteroatoms. The Kier molecular flexibility index (Phi) is 5.27. The first kappa shape index (κ1) is 16.2. The number of carbonyl (C=O) groups is 1. The van der Waals surface area contributed by atoms with Crippen LogP contribution in [0, 0.1) is 6.92 Å². The largest absolute Gasteiger partial charge is 0.293 e. The topological polar surface area (TPSA) is 59.3 Å². The van der Waals surface area contributed by atoms with E-state index in [2.05, 4.69) is 31.6 Å². The number of amides is 1. The molecule has 1 heterocycles. The van der Waals surface area contributed by atoms with Gasteiger partial charge in [-0.2, -0.15) is 10.2 Å². The van der Waals surface area contributed by atoms with Crippen LogP contribution in [0.2, 0.25) is 0 Å². The summed E-state index contributed by atoms with van der Waals surface area (Å²) in [5.74, 6) is -0.348. The fourth-order valence-electron chi connectivity index (χ4n) is 1.82. The van der Waals surface area contributed by atoms with Gasteiger partial charge in [0.1, 0.15) is 0 Å². The maximum atomic E-state index is 12.0. The van der Waals surface area contributed by atoms with Crippen LogP contribution in [0.25, 0.3) is 6.08 Å². The third-order valence-corrected chi connectivity index (χ3v) is 4.05. The van der Waals surface area contributed by atoms with E-state index < -0.39 is 0 Å². The van der Waals surface area contributed by atoms with Crippen molar-refractivity contribution in [3.63, 3.8) is 0 Å². The molecule has 0 fully saturated rings. The van der Waals surface area contributed by atoms with Crippen LogP contribution in [0.15, 0.2) is 45.5 Å². The molecule has 0 unspecified atom stereocenters. The molecular formula is C16H17BrN4O. The predicted molar refractivity (Wildman–Crippen MR) is 91.7 cm³/mol. The molecular weight excluding hydrogens is 344 g/mol. The predicted octanol–water partition coefficient (Wildman–Crippen LogP) is 3.31. The van der Waals surface area contributed by atoms with Gasteiger partial charge in [-0.05, 0) is 40.9 Å². The molecule has 0 saturated carbocycles. The van der Waals surface area contributed by atoms with Crippen LogP contribution >= 0.6 is 15.9 Å². The minimum Gasteiger partial charge on any atom is -0.271 e. The number of allylic oxidation sites excluding steroid dienone is 1. The van der Waals surface area contributed by atoms with Crippen LogP contribution in [0.3, 0.4) is 0 Å². The highest BCUT2D eigenvalue weighted by molar-refractivity contribution is 9.10. The van der Waals surface area contributed by atoms with Crippen LogP contribution in [0.5, 0.6) is 0 Å². The fourth-order valence-corrected chi connectivity index (χ4v) is 2.34. The zero-order valence-electron chi connectivity index (χ0n) is 12.7. The van der Waals surface area contributed by atoms with Crippen molar-refractivity contribution in [2.45, 2.75) is 13.8 Å². The average Bonchev–Trinajstić information content (AvgIpc) is 2.76. The molecule has 0 radical (unpaired) electrons. The molecule has 1 aromatic carbocycles. The SMILES string of the molecule is CC(/C=N/NC(=O)c1nn(C)c(C)c1Br)=C\c1ccccc1. The zero-order valence-corrected chi connectivity index (χ0v) is 14.3. The molecule has 0 aliphatic carbocycles. The summed E-state index contributed by atoms with van der Waals surface area (Å²) in [4.78, 5) is 12.0. The van der Waals surface area contributed by atoms with Crippen LogP contribution in [0.4, 0.5) is 0 Å². The Hall–Kier alpha value is -2.21. The molecule has 0 aliphatic heterocycles. The second-order valence-corrected chi connectivity index (χ2v) is 5.66. The van der Waals surface area contributed by atoms with Crippen molar-refractivity contribution in [3.05, 3.63) is 57.3 Å². The van der Waals surface area contributed by atoms with Gasteiger partial charge in [0.05, 0.1) is 16.4 Å². The zero-order chi connectivity index (χ0) is 16.1. The van der Waals surface area contributed by atoms with Crippen molar-refractivity contribution in [3.8, 4) is 0 Å². The number of halogens is 1. The number of nitrogens with zero attached hydrogens (tertiary/aromatic N) is 3. The normalized spacial score (nSPS) is 11.9. The van der Waals surface area contributed by atoms with Crippen LogP contribution in [-0.4, -0.2) is 21.9 Å². The van der Waals surface area contributed by atoms with Gasteiger partial charge >= 0.3 is 0 Å². The minimum atomic E-state index is -0.348. The molecule has 0 spiro atoms. The van der Waals surface area contributed by atoms with E-state index in [1.165, 1.54) is 0 Å². The number of rotatable bonds is 4. The van der Waals surface area contributed by atoms with Gasteiger partial charge in [0.15, 0.2) is 5.69 Å². The Bertz CT molecular complexity index is 732. The Morgan fingerprint density at radius 2 is 2.05 bits per heavy atom. The minimum absolute atomic E-state index is 0.321. The van der Waals surface area contributed by atoms with E-state index in [1.54, 1.807) is 17.9 Å². The average molecular weight is 361 g/mol. The van der Waals surface area contributed by atoms with Gasteiger partial charge in [0.25, 0.3) is 5.91 Å². The highest BCUT2D eigenvalue weighted by Gasteiger charge is 2.16. The van der Waals surface area contributed by atoms with Crippen LogP contribution in [0.1, 0.15) is 28.7 Å². The third-order valence-electron chi connectivity index (χ3n) is 3.10. The fraction of sp³-hybridized carbons (Fsp3) is 0.188. The molecule has 2 rings (SSSR count). The van der Waals surface area contributed by atoms with E-state index in [1.807, 2.05) is 50.3 Å². The molecule has 22 heavy (non-hydrogen) atoms. The molecule has 0 saturated heterocycles. The molecule has 0 bridgehead atoms. The van der Waals surface area contributed by atoms with Gasteiger partial charge in [-0.25, -0.2) is 5.43 Å². The number of hydrogen-bond donors (Lipinski definition) is 1. The molecule has 0 aliphatic rings. The van der Waals surface area contributed by atoms with Crippen LogP contribution in [-0.2, 0) is 7.05 Å². The first-order valence-corrected chi connectivity index (χ1v) is 7.54. The summed E-state index contributed by atoms with van der Waals surface area (Å²) in [7, 11) is 1.78. The number of nitrogens with one attached hydrogen (secondary N) is 1. The maximum absolute atomic E-state index is 12.0. The van der Waals surface area contributed by atoms with Gasteiger partial charge in [0.2, 0.25) is 0 Å². The van der Waals surface area contributed by atoms with Crippen molar-refractivity contribution in [2.24, 2.45) is 12.1 Å². The number of aryl methyl sites for hydroxylation is 1. The van der Waals surface area contributed by atoms with Crippen LogP contribution < -0.4 is 5.43 Å². The Labute approximate surface area is 137 Å². The van der Waals surface area contributed by atoms with E-state index in [0.29, 0.717) is 10.2 Å². The van der Waals surface area contributed by atoms with E-state index >= 15 is 0 Å². The van der Waals surface area contributed by atoms with Crippen molar-refractivity contribution >= 4 is 34.1 Å². The van der Waals surface area contributed by atoms with Gasteiger partial charge in [-0.15, -0.1) is 0 Å². The lowest BCUT2D eigenvalue weighted by molar-refractivity contribution is 0.0948. The number of hydrogen-bond acceptors (Lipinski definition) is 3. The lowest BCUT2D eigenvalue weighted by Gasteiger charge is -1.97. The molecule has 2 aromatic rings. The molecule has 1 amide bonds. The van der Waals surface area contributed by atoms with Crippen molar-refractivity contribution in [2.75, 3.05) is 0 Å². The summed E-state index contributed by atoms with van der Waals surface area (Å²) < 4.78 is 2.32. The Morgan fingerprint density at radius 3 is 2.64 bits per heavy atom. The number of hydrazone groups is 1. The second-order valence-electron chi connectivity index (χ2n) is 4.87. The van der Waals surface area contributed by atoms with Gasteiger partial charge < -0.3 is 0 Å². The van der Waals surface area contributed by atoms with Crippen molar-refractivity contribution < 1.29 is 4.79 Å². The smallest absolute Gasteiger partial charge is 0.271 e. The maximum Gasteiger partial charge on any atom is 0.293 e. The van der Waals surface area contributed by atoms with E-state index in [4.69, 9.17) is 0 Å². The second kappa shape index (κ2) is 7.17. The first-order chi connectivity index (χ1) is 10.5. The lowest BCUT2D eigenvalue weighted by Crippen LogP contribution is -2.18. The van der Waals surface area contributed by atoms with E-state index in [0.717, 1.165) is 16.8 Å². The molecule has 1 N–H and O–H groups in total. The van der Waals surface area contributed by atoms with Crippen molar-refractivity contribution in [1.29, 1.82) is 0 Å². The Morgan fingerprint density at radius 1 is 1.36 bits per heavy atom. The Balaban J connectivity index is 2.01. The summed E-state index contributed by atoms with van der Waals surface area (Å²) in [6.45, 7) is 3.80. The quantitative estimate of drug-likeness (QED) is 0.671. The van der Waals surface area contributed by atoms with E-state index in [9.17, 15) is 4.79 Å². The van der Waals surface area contributed by atoms with E-state index in [-0.39, 0.29) is 5.91 Å². The number of benzene rings is 1. The molecule has 0 atom stereocenters. The summed E-state index contributed by atoms with van der Waals surface area (Å²) in [6.07, 6.45) is 3.59. The monoisotopic (exact) mass is 360 g/mol. The van der Waals surface area contributed by atoms with Gasteiger partial charge in [0, 0.05) is 7.05 Å². The first-order valence-electron chi connectivity index (χ1n) is 6.75. The highest BCUT2D eigenvalue weighted by Crippen LogP contribution is 2.19. The summed E-state index contributed by atoms with van der Waals surface area (Å²) in [6, 6.07) is 9.92. The summed E-state index contributed by atoms with van der Waals surface area (Å²) in [5, 5.41) is 8.11. The standard InChI is InChI=1S/C16H17BrN4O/c1-11(9-13-7-5-4-6-8-13)10-18-19-16(22)15-14(17)12(2)21(3)20-15/h4-10H,1-3H3,(H,19,22)/b11-9+,18-10+. The van der Waals surface area contributed by atoms with Gasteiger partial charge in [-0.1, -0.05) is 36.4 Å². The molecule has 114 valence electrons. The lowest BCUT2D eigenvalue weighted by atomic mass is 10.1. The number of aromatic nitrogens is 2. The third kappa shape index (κ3) is 3.92. The summed E-state index contributed by atoms with van der Waals surface area (Å²) >= 11 is 3.36. The molecule has 5 nitrogen and oxygen atoms in total. The highest BCUT2D eigenvalue weighted by atomic mass is 79.9. The van der Waals surface area contributed by atoms with Gasteiger partial charge in [-0.3, -0.25) is 9.48 Å². The van der Waals surface area contributed by atoms with Crippen molar-refractivity contribution in [1.82, 2.24) is 15.2 Å². The summed E-state index contributed by atoms with van der Waals surface area (Å²) in [5.41, 5.74) is 5.70. The molecule has 1 aromatic heterocycles. The number of carbonyl (C=O) groups excluding carboxylic acids is 1.